The van der Waals surface area contributed by atoms with Gasteiger partial charge < -0.3 is 24.8 Å². The summed E-state index contributed by atoms with van der Waals surface area (Å²) in [7, 11) is 6.64. The van der Waals surface area contributed by atoms with Crippen LogP contribution in [-0.2, 0) is 13.1 Å². The molecule has 0 radical (unpaired) electrons. The fraction of sp³-hybridized carbons (Fsp3) is 0.458. The van der Waals surface area contributed by atoms with Crippen molar-refractivity contribution in [1.29, 1.82) is 0 Å². The van der Waals surface area contributed by atoms with E-state index in [9.17, 15) is 0 Å². The van der Waals surface area contributed by atoms with E-state index in [0.29, 0.717) is 29.8 Å². The van der Waals surface area contributed by atoms with Crippen molar-refractivity contribution in [3.63, 3.8) is 0 Å². The van der Waals surface area contributed by atoms with E-state index in [1.807, 2.05) is 12.1 Å². The van der Waals surface area contributed by atoms with Crippen LogP contribution >= 0.6 is 0 Å². The smallest absolute Gasteiger partial charge is 0.203 e. The summed E-state index contributed by atoms with van der Waals surface area (Å²) in [4.78, 5) is 6.93. The molecule has 1 aliphatic heterocycles. The molecule has 0 aliphatic carbocycles. The summed E-state index contributed by atoms with van der Waals surface area (Å²) in [6.45, 7) is 3.58. The highest BCUT2D eigenvalue weighted by molar-refractivity contribution is 5.79. The summed E-state index contributed by atoms with van der Waals surface area (Å²) in [5.74, 6) is 2.66. The van der Waals surface area contributed by atoms with E-state index in [1.54, 1.807) is 28.4 Å². The number of methoxy groups -OCH3 is 3. The van der Waals surface area contributed by atoms with E-state index in [-0.39, 0.29) is 0 Å². The van der Waals surface area contributed by atoms with Crippen LogP contribution in [0.2, 0.25) is 0 Å². The molecule has 1 aliphatic rings. The van der Waals surface area contributed by atoms with Crippen LogP contribution in [-0.4, -0.2) is 58.4 Å². The Morgan fingerprint density at radius 3 is 2.32 bits per heavy atom. The Kier molecular flexibility index (Phi) is 8.41. The summed E-state index contributed by atoms with van der Waals surface area (Å²) in [5, 5.41) is 6.87. The normalized spacial score (nSPS) is 16.8. The van der Waals surface area contributed by atoms with Crippen LogP contribution in [0.25, 0.3) is 0 Å². The largest absolute Gasteiger partial charge is 0.493 e. The molecule has 1 atom stereocenters. The van der Waals surface area contributed by atoms with Crippen LogP contribution in [0.4, 0.5) is 0 Å². The molecule has 0 aromatic heterocycles. The first-order valence-electron chi connectivity index (χ1n) is 10.7. The van der Waals surface area contributed by atoms with Crippen LogP contribution in [0, 0.1) is 0 Å². The Balaban J connectivity index is 1.55. The van der Waals surface area contributed by atoms with Gasteiger partial charge in [0.05, 0.1) is 21.3 Å². The predicted molar refractivity (Wildman–Crippen MR) is 124 cm³/mol. The van der Waals surface area contributed by atoms with Crippen LogP contribution in [0.5, 0.6) is 17.2 Å². The number of hydrogen-bond acceptors (Lipinski definition) is 5. The Morgan fingerprint density at radius 2 is 1.71 bits per heavy atom. The lowest BCUT2D eigenvalue weighted by Crippen LogP contribution is -2.44. The number of ether oxygens (including phenoxy) is 3. The second-order valence-corrected chi connectivity index (χ2v) is 7.59. The Hall–Kier alpha value is -2.93. The molecule has 7 nitrogen and oxygen atoms in total. The number of guanidine groups is 1. The van der Waals surface area contributed by atoms with Crippen LogP contribution in [0.15, 0.2) is 47.5 Å². The molecule has 0 amide bonds. The minimum absolute atomic E-state index is 0.500. The molecule has 2 N–H and O–H groups in total. The van der Waals surface area contributed by atoms with Crippen molar-refractivity contribution in [3.05, 3.63) is 53.6 Å². The SMILES string of the molecule is CN=C(NCc1cc(OC)c(OC)c(OC)c1)NCC1CCCN1Cc1ccccc1. The number of rotatable bonds is 9. The summed E-state index contributed by atoms with van der Waals surface area (Å²) in [6.07, 6.45) is 2.43. The van der Waals surface area contributed by atoms with Crippen molar-refractivity contribution < 1.29 is 14.2 Å². The molecule has 1 unspecified atom stereocenters. The van der Waals surface area contributed by atoms with E-state index in [1.165, 1.54) is 18.4 Å². The average Bonchev–Trinajstić information content (AvgIpc) is 3.25. The molecule has 168 valence electrons. The van der Waals surface area contributed by atoms with Gasteiger partial charge in [0.15, 0.2) is 17.5 Å². The van der Waals surface area contributed by atoms with Gasteiger partial charge in [0, 0.05) is 32.7 Å². The molecule has 3 rings (SSSR count). The number of benzene rings is 2. The maximum Gasteiger partial charge on any atom is 0.203 e. The molecule has 2 aromatic rings. The van der Waals surface area contributed by atoms with E-state index in [4.69, 9.17) is 14.2 Å². The molecule has 0 spiro atoms. The Morgan fingerprint density at radius 1 is 1.00 bits per heavy atom. The highest BCUT2D eigenvalue weighted by Crippen LogP contribution is 2.38. The first kappa shape index (κ1) is 22.7. The van der Waals surface area contributed by atoms with Crippen molar-refractivity contribution in [2.24, 2.45) is 4.99 Å². The lowest BCUT2D eigenvalue weighted by atomic mass is 10.1. The second-order valence-electron chi connectivity index (χ2n) is 7.59. The van der Waals surface area contributed by atoms with Gasteiger partial charge in [-0.1, -0.05) is 30.3 Å². The maximum atomic E-state index is 5.44. The lowest BCUT2D eigenvalue weighted by molar-refractivity contribution is 0.245. The number of likely N-dealkylation sites (tertiary alicyclic amines) is 1. The number of aliphatic imine (C=N–C) groups is 1. The number of nitrogens with zero attached hydrogens (tertiary/aromatic N) is 2. The van der Waals surface area contributed by atoms with Gasteiger partial charge in [-0.3, -0.25) is 9.89 Å². The van der Waals surface area contributed by atoms with Crippen LogP contribution < -0.4 is 24.8 Å². The topological polar surface area (TPSA) is 67.4 Å². The highest BCUT2D eigenvalue weighted by Gasteiger charge is 2.24. The van der Waals surface area contributed by atoms with Crippen molar-refractivity contribution >= 4 is 5.96 Å². The molecule has 1 saturated heterocycles. The van der Waals surface area contributed by atoms with Gasteiger partial charge in [-0.05, 0) is 42.6 Å². The van der Waals surface area contributed by atoms with Crippen molar-refractivity contribution in [1.82, 2.24) is 15.5 Å². The van der Waals surface area contributed by atoms with Crippen molar-refractivity contribution in [2.45, 2.75) is 32.0 Å². The fourth-order valence-electron chi connectivity index (χ4n) is 4.01. The van der Waals surface area contributed by atoms with Crippen molar-refractivity contribution in [3.8, 4) is 17.2 Å². The number of hydrogen-bond donors (Lipinski definition) is 2. The summed E-state index contributed by atoms with van der Waals surface area (Å²) in [5.41, 5.74) is 2.38. The molecule has 2 aromatic carbocycles. The standard InChI is InChI=1S/C24H34N4O3/c1-25-24(26-15-19-13-21(29-2)23(31-4)22(14-19)30-3)27-16-20-11-8-12-28(20)17-18-9-6-5-7-10-18/h5-7,9-10,13-14,20H,8,11-12,15-17H2,1-4H3,(H2,25,26,27). The lowest BCUT2D eigenvalue weighted by Gasteiger charge is -2.25. The average molecular weight is 427 g/mol. The van der Waals surface area contributed by atoms with E-state index >= 15 is 0 Å². The second kappa shape index (κ2) is 11.5. The molecular formula is C24H34N4O3. The monoisotopic (exact) mass is 426 g/mol. The van der Waals surface area contributed by atoms with Crippen LogP contribution in [0.3, 0.4) is 0 Å². The number of nitrogens with one attached hydrogen (secondary N) is 2. The first-order chi connectivity index (χ1) is 15.2. The molecular weight excluding hydrogens is 392 g/mol. The molecule has 0 saturated carbocycles. The molecule has 1 heterocycles. The third-order valence-electron chi connectivity index (χ3n) is 5.64. The minimum Gasteiger partial charge on any atom is -0.493 e. The van der Waals surface area contributed by atoms with Crippen molar-refractivity contribution in [2.75, 3.05) is 41.5 Å². The fourth-order valence-corrected chi connectivity index (χ4v) is 4.01. The summed E-state index contributed by atoms with van der Waals surface area (Å²) in [6, 6.07) is 15.1. The zero-order valence-corrected chi connectivity index (χ0v) is 19.0. The van der Waals surface area contributed by atoms with E-state index in [2.05, 4.69) is 50.9 Å². The van der Waals surface area contributed by atoms with Gasteiger partial charge in [-0.25, -0.2) is 0 Å². The zero-order valence-electron chi connectivity index (χ0n) is 19.0. The molecule has 31 heavy (non-hydrogen) atoms. The van der Waals surface area contributed by atoms with E-state index < -0.39 is 0 Å². The van der Waals surface area contributed by atoms with Gasteiger partial charge in [0.1, 0.15) is 0 Å². The minimum atomic E-state index is 0.500. The molecule has 0 bridgehead atoms. The molecule has 7 heteroatoms. The third-order valence-corrected chi connectivity index (χ3v) is 5.64. The summed E-state index contributed by atoms with van der Waals surface area (Å²) >= 11 is 0. The first-order valence-corrected chi connectivity index (χ1v) is 10.7. The van der Waals surface area contributed by atoms with Gasteiger partial charge in [-0.15, -0.1) is 0 Å². The van der Waals surface area contributed by atoms with Gasteiger partial charge in [0.2, 0.25) is 5.75 Å². The van der Waals surface area contributed by atoms with Gasteiger partial charge in [-0.2, -0.15) is 0 Å². The Labute approximate surface area is 185 Å². The Bertz CT molecular complexity index is 832. The van der Waals surface area contributed by atoms with Crippen LogP contribution in [0.1, 0.15) is 24.0 Å². The van der Waals surface area contributed by atoms with Gasteiger partial charge in [0.25, 0.3) is 0 Å². The van der Waals surface area contributed by atoms with E-state index in [0.717, 1.165) is 31.2 Å². The quantitative estimate of drug-likeness (QED) is 0.475. The predicted octanol–water partition coefficient (Wildman–Crippen LogP) is 3.04. The maximum absolute atomic E-state index is 5.44. The highest BCUT2D eigenvalue weighted by atomic mass is 16.5. The zero-order chi connectivity index (χ0) is 22.1. The van der Waals surface area contributed by atoms with Gasteiger partial charge >= 0.3 is 0 Å². The summed E-state index contributed by atoms with van der Waals surface area (Å²) < 4.78 is 16.3. The third kappa shape index (κ3) is 6.04. The molecule has 1 fully saturated rings.